The summed E-state index contributed by atoms with van der Waals surface area (Å²) in [5.74, 6) is 1.78. The number of aliphatic carboxylic acids is 1. The van der Waals surface area contributed by atoms with Gasteiger partial charge in [0.05, 0.1) is 25.5 Å². The van der Waals surface area contributed by atoms with Crippen LogP contribution in [0.5, 0.6) is 17.2 Å². The molecular formula is C30H36N4O6. The molecule has 1 unspecified atom stereocenters. The van der Waals surface area contributed by atoms with E-state index >= 15 is 0 Å². The quantitative estimate of drug-likeness (QED) is 0.330. The Morgan fingerprint density at radius 2 is 1.85 bits per heavy atom. The third kappa shape index (κ3) is 7.84. The lowest BCUT2D eigenvalue weighted by Gasteiger charge is -2.33. The number of hydrogen-bond acceptors (Lipinski definition) is 8. The Kier molecular flexibility index (Phi) is 9.42. The number of aromatic nitrogens is 2. The normalized spacial score (nSPS) is 15.3. The zero-order chi connectivity index (χ0) is 28.5. The Bertz CT molecular complexity index is 1300. The predicted molar refractivity (Wildman–Crippen MR) is 151 cm³/mol. The number of nitrogens with one attached hydrogen (secondary N) is 1. The van der Waals surface area contributed by atoms with E-state index in [1.807, 2.05) is 43.3 Å². The van der Waals surface area contributed by atoms with Gasteiger partial charge in [-0.05, 0) is 69.9 Å². The molecule has 2 N–H and O–H groups in total. The maximum absolute atomic E-state index is 12.6. The number of nitrogens with zero attached hydrogens (tertiary/aromatic N) is 3. The maximum Gasteiger partial charge on any atom is 0.347 e. The second kappa shape index (κ2) is 13.1. The molecule has 40 heavy (non-hydrogen) atoms. The third-order valence-corrected chi connectivity index (χ3v) is 6.49. The Morgan fingerprint density at radius 3 is 2.58 bits per heavy atom. The van der Waals surface area contributed by atoms with E-state index in [0.717, 1.165) is 36.4 Å². The van der Waals surface area contributed by atoms with Crippen molar-refractivity contribution in [2.45, 2.75) is 58.2 Å². The Hall–Kier alpha value is -4.34. The minimum absolute atomic E-state index is 0.0256. The molecule has 1 fully saturated rings. The van der Waals surface area contributed by atoms with Crippen molar-refractivity contribution < 1.29 is 28.9 Å². The molecular weight excluding hydrogens is 512 g/mol. The van der Waals surface area contributed by atoms with E-state index in [1.165, 1.54) is 20.0 Å². The van der Waals surface area contributed by atoms with Crippen molar-refractivity contribution in [1.29, 1.82) is 0 Å². The number of rotatable bonds is 12. The third-order valence-electron chi connectivity index (χ3n) is 6.49. The first kappa shape index (κ1) is 28.7. The van der Waals surface area contributed by atoms with Gasteiger partial charge < -0.3 is 29.5 Å². The lowest BCUT2D eigenvalue weighted by Crippen LogP contribution is -2.41. The summed E-state index contributed by atoms with van der Waals surface area (Å²) in [6.07, 6.45) is 5.84. The number of hydrogen-bond donors (Lipinski definition) is 2. The topological polar surface area (TPSA) is 123 Å². The summed E-state index contributed by atoms with van der Waals surface area (Å²) in [4.78, 5) is 34.9. The summed E-state index contributed by atoms with van der Waals surface area (Å²) in [6.45, 7) is 6.97. The van der Waals surface area contributed by atoms with Crippen molar-refractivity contribution in [3.8, 4) is 17.2 Å². The van der Waals surface area contributed by atoms with Gasteiger partial charge in [-0.25, -0.2) is 9.78 Å². The van der Waals surface area contributed by atoms with E-state index in [-0.39, 0.29) is 18.4 Å². The first-order valence-corrected chi connectivity index (χ1v) is 13.5. The second-order valence-corrected chi connectivity index (χ2v) is 10.1. The molecule has 2 aromatic carbocycles. The predicted octanol–water partition coefficient (Wildman–Crippen LogP) is 4.74. The number of amides is 1. The maximum atomic E-state index is 12.6. The summed E-state index contributed by atoms with van der Waals surface area (Å²) in [7, 11) is 0. The van der Waals surface area contributed by atoms with Crippen molar-refractivity contribution in [3.63, 3.8) is 0 Å². The Morgan fingerprint density at radius 1 is 1.10 bits per heavy atom. The average Bonchev–Trinajstić information content (AvgIpc) is 2.94. The van der Waals surface area contributed by atoms with Gasteiger partial charge in [0.1, 0.15) is 17.7 Å². The molecule has 212 valence electrons. The standard InChI is InChI=1S/C30H36N4O6/c1-4-38-24-9-5-6-10-25(24)39-23-8-7-17-34(20-23)27-19-31-18-26(32-27)33-28(35)16-13-21-11-14-22(15-12-21)40-30(2,3)29(36)37/h5-6,9-12,14-15,18-19,23H,4,7-8,13,16-17,20H2,1-3H3,(H,36,37)(H,32,33,35). The molecule has 10 heteroatoms. The summed E-state index contributed by atoms with van der Waals surface area (Å²) >= 11 is 0. The first-order valence-electron chi connectivity index (χ1n) is 13.5. The van der Waals surface area contributed by atoms with Crippen LogP contribution in [0.15, 0.2) is 60.9 Å². The zero-order valence-electron chi connectivity index (χ0n) is 23.1. The number of aryl methyl sites for hydroxylation is 1. The smallest absolute Gasteiger partial charge is 0.347 e. The molecule has 10 nitrogen and oxygen atoms in total. The number of anilines is 2. The van der Waals surface area contributed by atoms with Gasteiger partial charge in [-0.15, -0.1) is 0 Å². The molecule has 0 radical (unpaired) electrons. The SMILES string of the molecule is CCOc1ccccc1OC1CCCN(c2cncc(NC(=O)CCc3ccc(OC(C)(C)C(=O)O)cc3)n2)C1. The molecule has 1 aliphatic heterocycles. The second-order valence-electron chi connectivity index (χ2n) is 10.1. The van der Waals surface area contributed by atoms with Gasteiger partial charge in [-0.2, -0.15) is 0 Å². The summed E-state index contributed by atoms with van der Waals surface area (Å²) in [6, 6.07) is 14.7. The van der Waals surface area contributed by atoms with Gasteiger partial charge in [-0.3, -0.25) is 9.78 Å². The number of carbonyl (C=O) groups is 2. The van der Waals surface area contributed by atoms with Crippen LogP contribution in [0.4, 0.5) is 11.6 Å². The molecule has 1 atom stereocenters. The van der Waals surface area contributed by atoms with Crippen molar-refractivity contribution in [1.82, 2.24) is 9.97 Å². The molecule has 1 aliphatic rings. The summed E-state index contributed by atoms with van der Waals surface area (Å²) in [5, 5.41) is 12.1. The zero-order valence-corrected chi connectivity index (χ0v) is 23.1. The van der Waals surface area contributed by atoms with E-state index in [9.17, 15) is 14.7 Å². The van der Waals surface area contributed by atoms with E-state index in [4.69, 9.17) is 14.2 Å². The van der Waals surface area contributed by atoms with Crippen molar-refractivity contribution in [3.05, 3.63) is 66.5 Å². The van der Waals surface area contributed by atoms with Crippen LogP contribution >= 0.6 is 0 Å². The molecule has 1 amide bonds. The van der Waals surface area contributed by atoms with Crippen molar-refractivity contribution in [2.75, 3.05) is 29.9 Å². The van der Waals surface area contributed by atoms with Crippen LogP contribution in [0.1, 0.15) is 45.6 Å². The fourth-order valence-corrected chi connectivity index (χ4v) is 4.34. The Labute approximate surface area is 234 Å². The molecule has 4 rings (SSSR count). The van der Waals surface area contributed by atoms with Gasteiger partial charge in [-0.1, -0.05) is 24.3 Å². The first-order chi connectivity index (χ1) is 19.2. The van der Waals surface area contributed by atoms with Gasteiger partial charge in [0.2, 0.25) is 5.91 Å². The number of carbonyl (C=O) groups excluding carboxylic acids is 1. The molecule has 3 aromatic rings. The van der Waals surface area contributed by atoms with E-state index in [0.29, 0.717) is 37.0 Å². The highest BCUT2D eigenvalue weighted by atomic mass is 16.5. The highest BCUT2D eigenvalue weighted by Gasteiger charge is 2.29. The van der Waals surface area contributed by atoms with Crippen LogP contribution in [-0.4, -0.2) is 58.4 Å². The van der Waals surface area contributed by atoms with Gasteiger partial charge in [0, 0.05) is 13.0 Å². The molecule has 0 bridgehead atoms. The van der Waals surface area contributed by atoms with Crippen LogP contribution in [0.25, 0.3) is 0 Å². The lowest BCUT2D eigenvalue weighted by molar-refractivity contribution is -0.152. The van der Waals surface area contributed by atoms with Crippen LogP contribution < -0.4 is 24.4 Å². The molecule has 0 spiro atoms. The monoisotopic (exact) mass is 548 g/mol. The number of carboxylic acids is 1. The van der Waals surface area contributed by atoms with Crippen LogP contribution in [0, 0.1) is 0 Å². The molecule has 0 saturated carbocycles. The summed E-state index contributed by atoms with van der Waals surface area (Å²) < 4.78 is 17.5. The molecule has 1 saturated heterocycles. The highest BCUT2D eigenvalue weighted by Crippen LogP contribution is 2.30. The van der Waals surface area contributed by atoms with Crippen LogP contribution in [0.2, 0.25) is 0 Å². The number of piperidine rings is 1. The number of para-hydroxylation sites is 2. The van der Waals surface area contributed by atoms with Crippen LogP contribution in [0.3, 0.4) is 0 Å². The van der Waals surface area contributed by atoms with Crippen LogP contribution in [-0.2, 0) is 16.0 Å². The molecule has 0 aliphatic carbocycles. The molecule has 1 aromatic heterocycles. The largest absolute Gasteiger partial charge is 0.490 e. The molecule has 2 heterocycles. The minimum atomic E-state index is -1.33. The van der Waals surface area contributed by atoms with E-state index < -0.39 is 11.6 Å². The van der Waals surface area contributed by atoms with Crippen molar-refractivity contribution >= 4 is 23.5 Å². The number of ether oxygens (including phenoxy) is 3. The van der Waals surface area contributed by atoms with Crippen molar-refractivity contribution in [2.24, 2.45) is 0 Å². The van der Waals surface area contributed by atoms with E-state index in [2.05, 4.69) is 20.2 Å². The fraction of sp³-hybridized carbons (Fsp3) is 0.400. The van der Waals surface area contributed by atoms with Gasteiger partial charge in [0.25, 0.3) is 0 Å². The number of benzene rings is 2. The van der Waals surface area contributed by atoms with Gasteiger partial charge in [0.15, 0.2) is 22.9 Å². The minimum Gasteiger partial charge on any atom is -0.490 e. The average molecular weight is 549 g/mol. The van der Waals surface area contributed by atoms with E-state index in [1.54, 1.807) is 18.3 Å². The Balaban J connectivity index is 1.30. The fourth-order valence-electron chi connectivity index (χ4n) is 4.34. The van der Waals surface area contributed by atoms with Gasteiger partial charge >= 0.3 is 5.97 Å². The summed E-state index contributed by atoms with van der Waals surface area (Å²) in [5.41, 5.74) is -0.394. The number of carboxylic acid groups (broad SMARTS) is 1. The lowest BCUT2D eigenvalue weighted by atomic mass is 10.1. The highest BCUT2D eigenvalue weighted by molar-refractivity contribution is 5.89.